The SMILES string of the molecule is Cc1ccc(S(=O)(=O)N(C)C2=C(c3ccccc3)CN(c3ccccc3)CN2c2ccccc2)cc1. The Balaban J connectivity index is 1.72. The lowest BCUT2D eigenvalue weighted by Crippen LogP contribution is -2.49. The van der Waals surface area contributed by atoms with Crippen LogP contribution in [0.4, 0.5) is 11.4 Å². The topological polar surface area (TPSA) is 43.9 Å². The predicted molar refractivity (Wildman–Crippen MR) is 147 cm³/mol. The molecule has 5 rings (SSSR count). The second kappa shape index (κ2) is 9.91. The molecule has 1 heterocycles. The van der Waals surface area contributed by atoms with Gasteiger partial charge in [0.2, 0.25) is 0 Å². The Hall–Kier alpha value is -4.03. The lowest BCUT2D eigenvalue weighted by atomic mass is 10.0. The van der Waals surface area contributed by atoms with Crippen LogP contribution in [0.1, 0.15) is 11.1 Å². The number of nitrogens with zero attached hydrogens (tertiary/aromatic N) is 3. The second-order valence-corrected chi connectivity index (χ2v) is 10.9. The fourth-order valence-corrected chi connectivity index (χ4v) is 5.77. The number of hydrogen-bond acceptors (Lipinski definition) is 4. The van der Waals surface area contributed by atoms with E-state index >= 15 is 0 Å². The maximum Gasteiger partial charge on any atom is 0.265 e. The van der Waals surface area contributed by atoms with Crippen LogP contribution in [-0.2, 0) is 10.0 Å². The maximum absolute atomic E-state index is 13.9. The first-order valence-electron chi connectivity index (χ1n) is 11.9. The van der Waals surface area contributed by atoms with E-state index in [0.29, 0.717) is 19.0 Å². The summed E-state index contributed by atoms with van der Waals surface area (Å²) in [4.78, 5) is 4.63. The molecule has 0 aromatic heterocycles. The van der Waals surface area contributed by atoms with Crippen LogP contribution in [0.25, 0.3) is 5.57 Å². The van der Waals surface area contributed by atoms with Crippen LogP contribution < -0.4 is 9.80 Å². The summed E-state index contributed by atoms with van der Waals surface area (Å²) in [7, 11) is -2.15. The molecule has 1 aliphatic rings. The molecule has 0 saturated heterocycles. The molecule has 0 bridgehead atoms. The summed E-state index contributed by atoms with van der Waals surface area (Å²) in [5, 5.41) is 0. The molecule has 1 aliphatic heterocycles. The van der Waals surface area contributed by atoms with Crippen molar-refractivity contribution in [3.8, 4) is 0 Å². The van der Waals surface area contributed by atoms with Crippen molar-refractivity contribution in [2.75, 3.05) is 30.1 Å². The van der Waals surface area contributed by atoms with E-state index in [2.05, 4.69) is 21.9 Å². The molecular formula is C30H29N3O2S. The van der Waals surface area contributed by atoms with Gasteiger partial charge in [0.05, 0.1) is 11.6 Å². The summed E-state index contributed by atoms with van der Waals surface area (Å²) >= 11 is 0. The summed E-state index contributed by atoms with van der Waals surface area (Å²) < 4.78 is 29.2. The highest BCUT2D eigenvalue weighted by Gasteiger charge is 2.34. The molecule has 0 atom stereocenters. The van der Waals surface area contributed by atoms with Crippen LogP contribution in [0.15, 0.2) is 126 Å². The van der Waals surface area contributed by atoms with Gasteiger partial charge in [0.25, 0.3) is 10.0 Å². The van der Waals surface area contributed by atoms with E-state index in [1.54, 1.807) is 19.2 Å². The average molecular weight is 496 g/mol. The molecule has 0 saturated carbocycles. The van der Waals surface area contributed by atoms with Crippen LogP contribution in [0.5, 0.6) is 0 Å². The zero-order chi connectivity index (χ0) is 25.1. The highest BCUT2D eigenvalue weighted by atomic mass is 32.2. The lowest BCUT2D eigenvalue weighted by Gasteiger charge is -2.44. The minimum Gasteiger partial charge on any atom is -0.349 e. The third-order valence-electron chi connectivity index (χ3n) is 6.48. The first-order chi connectivity index (χ1) is 17.4. The van der Waals surface area contributed by atoms with E-state index in [-0.39, 0.29) is 4.90 Å². The fraction of sp³-hybridized carbons (Fsp3) is 0.133. The van der Waals surface area contributed by atoms with Gasteiger partial charge in [0.15, 0.2) is 0 Å². The van der Waals surface area contributed by atoms with Gasteiger partial charge in [-0.05, 0) is 48.9 Å². The minimum absolute atomic E-state index is 0.272. The first-order valence-corrected chi connectivity index (χ1v) is 13.4. The Morgan fingerprint density at radius 2 is 1.22 bits per heavy atom. The van der Waals surface area contributed by atoms with E-state index in [4.69, 9.17) is 0 Å². The molecule has 0 unspecified atom stereocenters. The Labute approximate surface area is 213 Å². The van der Waals surface area contributed by atoms with Crippen LogP contribution in [0.2, 0.25) is 0 Å². The molecule has 4 aromatic rings. The van der Waals surface area contributed by atoms with Crippen molar-refractivity contribution in [3.05, 3.63) is 132 Å². The standard InChI is InChI=1S/C30H29N3O2S/c1-24-18-20-28(21-19-24)36(34,35)31(2)30-29(25-12-6-3-7-13-25)22-32(26-14-8-4-9-15-26)23-33(30)27-16-10-5-11-17-27/h3-21H,22-23H2,1-2H3. The van der Waals surface area contributed by atoms with E-state index in [1.807, 2.05) is 97.9 Å². The summed E-state index contributed by atoms with van der Waals surface area (Å²) in [5.41, 5.74) is 4.94. The summed E-state index contributed by atoms with van der Waals surface area (Å²) in [6, 6.07) is 37.2. The smallest absolute Gasteiger partial charge is 0.265 e. The minimum atomic E-state index is -3.80. The molecule has 36 heavy (non-hydrogen) atoms. The van der Waals surface area contributed by atoms with Crippen LogP contribution in [0.3, 0.4) is 0 Å². The average Bonchev–Trinajstić information content (AvgIpc) is 2.93. The predicted octanol–water partition coefficient (Wildman–Crippen LogP) is 5.97. The van der Waals surface area contributed by atoms with Gasteiger partial charge >= 0.3 is 0 Å². The molecule has 0 fully saturated rings. The largest absolute Gasteiger partial charge is 0.349 e. The maximum atomic E-state index is 13.9. The monoisotopic (exact) mass is 495 g/mol. The number of sulfonamides is 1. The fourth-order valence-electron chi connectivity index (χ4n) is 4.54. The van der Waals surface area contributed by atoms with Gasteiger partial charge in [-0.15, -0.1) is 0 Å². The highest BCUT2D eigenvalue weighted by Crippen LogP contribution is 2.36. The van der Waals surface area contributed by atoms with E-state index < -0.39 is 10.0 Å². The lowest BCUT2D eigenvalue weighted by molar-refractivity contribution is 0.508. The van der Waals surface area contributed by atoms with Crippen molar-refractivity contribution >= 4 is 27.0 Å². The third-order valence-corrected chi connectivity index (χ3v) is 8.24. The Bertz CT molecular complexity index is 1450. The van der Waals surface area contributed by atoms with Crippen LogP contribution in [0, 0.1) is 6.92 Å². The normalized spacial score (nSPS) is 14.2. The molecule has 0 amide bonds. The van der Waals surface area contributed by atoms with Gasteiger partial charge in [-0.25, -0.2) is 8.42 Å². The number of aryl methyl sites for hydroxylation is 1. The molecule has 0 spiro atoms. The van der Waals surface area contributed by atoms with Crippen LogP contribution >= 0.6 is 0 Å². The van der Waals surface area contributed by atoms with Gasteiger partial charge in [0.1, 0.15) is 5.82 Å². The summed E-state index contributed by atoms with van der Waals surface area (Å²) in [6.07, 6.45) is 0. The van der Waals surface area contributed by atoms with Crippen molar-refractivity contribution in [3.63, 3.8) is 0 Å². The van der Waals surface area contributed by atoms with Crippen LogP contribution in [-0.4, -0.2) is 33.0 Å². The number of benzene rings is 4. The summed E-state index contributed by atoms with van der Waals surface area (Å²) in [5.74, 6) is 0.653. The summed E-state index contributed by atoms with van der Waals surface area (Å²) in [6.45, 7) is 3.03. The first kappa shape index (κ1) is 23.7. The molecule has 6 heteroatoms. The number of rotatable bonds is 6. The van der Waals surface area contributed by atoms with Crippen molar-refractivity contribution < 1.29 is 8.42 Å². The third kappa shape index (κ3) is 4.60. The molecular weight excluding hydrogens is 466 g/mol. The van der Waals surface area contributed by atoms with Crippen molar-refractivity contribution in [2.24, 2.45) is 0 Å². The molecule has 0 radical (unpaired) electrons. The van der Waals surface area contributed by atoms with Gasteiger partial charge in [-0.2, -0.15) is 0 Å². The van der Waals surface area contributed by atoms with E-state index in [1.165, 1.54) is 4.31 Å². The number of anilines is 2. The Kier molecular flexibility index (Phi) is 6.53. The quantitative estimate of drug-likeness (QED) is 0.331. The van der Waals surface area contributed by atoms with Crippen molar-refractivity contribution in [1.29, 1.82) is 0 Å². The van der Waals surface area contributed by atoms with E-state index in [9.17, 15) is 8.42 Å². The van der Waals surface area contributed by atoms with E-state index in [0.717, 1.165) is 28.1 Å². The molecule has 5 nitrogen and oxygen atoms in total. The Morgan fingerprint density at radius 3 is 1.81 bits per heavy atom. The second-order valence-electron chi connectivity index (χ2n) is 8.89. The van der Waals surface area contributed by atoms with Crippen molar-refractivity contribution in [2.45, 2.75) is 11.8 Å². The van der Waals surface area contributed by atoms with Crippen molar-refractivity contribution in [1.82, 2.24) is 4.31 Å². The molecule has 182 valence electrons. The Morgan fingerprint density at radius 1 is 0.694 bits per heavy atom. The van der Waals surface area contributed by atoms with Gasteiger partial charge in [-0.1, -0.05) is 84.4 Å². The zero-order valence-electron chi connectivity index (χ0n) is 20.5. The van der Waals surface area contributed by atoms with Gasteiger partial charge in [-0.3, -0.25) is 4.31 Å². The van der Waals surface area contributed by atoms with Gasteiger partial charge in [0, 0.05) is 30.5 Å². The zero-order valence-corrected chi connectivity index (χ0v) is 21.3. The molecule has 4 aromatic carbocycles. The number of para-hydroxylation sites is 2. The van der Waals surface area contributed by atoms with Gasteiger partial charge < -0.3 is 9.80 Å². The molecule has 0 N–H and O–H groups in total. The number of hydrogen-bond donors (Lipinski definition) is 0. The molecule has 0 aliphatic carbocycles. The highest BCUT2D eigenvalue weighted by molar-refractivity contribution is 7.89.